The molecule has 0 spiro atoms. The van der Waals surface area contributed by atoms with Crippen LogP contribution in [0.5, 0.6) is 17.2 Å². The van der Waals surface area contributed by atoms with Crippen molar-refractivity contribution in [1.82, 2.24) is 14.0 Å². The Kier molecular flexibility index (Phi) is 5.13. The Morgan fingerprint density at radius 3 is 2.37 bits per heavy atom. The van der Waals surface area contributed by atoms with Crippen molar-refractivity contribution in [1.29, 1.82) is 0 Å². The molecule has 7 nitrogen and oxygen atoms in total. The molecule has 0 N–H and O–H groups in total. The van der Waals surface area contributed by atoms with E-state index in [0.717, 1.165) is 11.1 Å². The highest BCUT2D eigenvalue weighted by molar-refractivity contribution is 6.31. The second kappa shape index (κ2) is 7.76. The number of nitrogens with zero attached hydrogens (tertiary/aromatic N) is 3. The number of halogens is 1. The minimum Gasteiger partial charge on any atom is -0.495 e. The second-order valence-corrected chi connectivity index (χ2v) is 7.08. The van der Waals surface area contributed by atoms with Crippen molar-refractivity contribution >= 4 is 17.2 Å². The fourth-order valence-electron chi connectivity index (χ4n) is 3.30. The average Bonchev–Trinajstić information content (AvgIpc) is 3.20. The Labute approximate surface area is 178 Å². The molecule has 154 valence electrons. The number of fused-ring (bicyclic) bond motifs is 1. The van der Waals surface area contributed by atoms with Gasteiger partial charge in [0.25, 0.3) is 5.56 Å². The fraction of sp³-hybridized carbons (Fsp3) is 0.182. The average molecular weight is 426 g/mol. The van der Waals surface area contributed by atoms with Gasteiger partial charge in [0, 0.05) is 35.2 Å². The van der Waals surface area contributed by atoms with Crippen molar-refractivity contribution < 1.29 is 14.2 Å². The first-order chi connectivity index (χ1) is 14.5. The normalized spacial score (nSPS) is 11.0. The lowest BCUT2D eigenvalue weighted by Crippen LogP contribution is -2.20. The van der Waals surface area contributed by atoms with E-state index in [-0.39, 0.29) is 11.2 Å². The number of hydrogen-bond acceptors (Lipinski definition) is 5. The molecule has 0 bridgehead atoms. The number of aromatic nitrogens is 3. The van der Waals surface area contributed by atoms with Gasteiger partial charge < -0.3 is 18.6 Å². The van der Waals surface area contributed by atoms with Crippen LogP contribution in [0.2, 0.25) is 5.02 Å². The molecule has 8 heteroatoms. The quantitative estimate of drug-likeness (QED) is 0.480. The van der Waals surface area contributed by atoms with Gasteiger partial charge in [-0.1, -0.05) is 11.6 Å². The smallest absolute Gasteiger partial charge is 0.298 e. The van der Waals surface area contributed by atoms with E-state index in [0.29, 0.717) is 33.7 Å². The highest BCUT2D eigenvalue weighted by atomic mass is 35.5. The maximum Gasteiger partial charge on any atom is 0.298 e. The van der Waals surface area contributed by atoms with Gasteiger partial charge in [-0.15, -0.1) is 0 Å². The van der Waals surface area contributed by atoms with Gasteiger partial charge in [-0.25, -0.2) is 4.98 Å². The molecule has 2 aromatic heterocycles. The molecule has 0 saturated carbocycles. The SMILES string of the molecule is COc1ccc(-c2cn3ccn(-c4cc(C)c(Cl)cc4OC)c(=O)c3n2)cc1OC. The van der Waals surface area contributed by atoms with E-state index in [9.17, 15) is 4.79 Å². The summed E-state index contributed by atoms with van der Waals surface area (Å²) in [6.45, 7) is 1.87. The molecule has 2 heterocycles. The third kappa shape index (κ3) is 3.27. The minimum absolute atomic E-state index is 0.274. The fourth-order valence-corrected chi connectivity index (χ4v) is 3.46. The number of methoxy groups -OCH3 is 3. The van der Waals surface area contributed by atoms with Gasteiger partial charge in [0.05, 0.1) is 32.7 Å². The van der Waals surface area contributed by atoms with E-state index >= 15 is 0 Å². The zero-order valence-corrected chi connectivity index (χ0v) is 17.7. The lowest BCUT2D eigenvalue weighted by atomic mass is 10.1. The van der Waals surface area contributed by atoms with E-state index in [1.807, 2.05) is 25.1 Å². The highest BCUT2D eigenvalue weighted by Crippen LogP contribution is 2.32. The van der Waals surface area contributed by atoms with Gasteiger partial charge >= 0.3 is 0 Å². The van der Waals surface area contributed by atoms with E-state index in [1.165, 1.54) is 4.57 Å². The van der Waals surface area contributed by atoms with Crippen LogP contribution in [0.3, 0.4) is 0 Å². The Balaban J connectivity index is 1.86. The Bertz CT molecular complexity index is 1310. The van der Waals surface area contributed by atoms with Crippen LogP contribution in [0.1, 0.15) is 5.56 Å². The van der Waals surface area contributed by atoms with Gasteiger partial charge in [-0.3, -0.25) is 9.36 Å². The molecule has 0 atom stereocenters. The first-order valence-corrected chi connectivity index (χ1v) is 9.52. The molecule has 0 aliphatic heterocycles. The third-order valence-electron chi connectivity index (χ3n) is 4.92. The minimum atomic E-state index is -0.274. The number of benzene rings is 2. The zero-order chi connectivity index (χ0) is 21.4. The summed E-state index contributed by atoms with van der Waals surface area (Å²) in [6.07, 6.45) is 5.25. The maximum absolute atomic E-state index is 13.2. The van der Waals surface area contributed by atoms with Crippen LogP contribution >= 0.6 is 11.6 Å². The summed E-state index contributed by atoms with van der Waals surface area (Å²) < 4.78 is 19.3. The molecule has 4 aromatic rings. The van der Waals surface area contributed by atoms with Crippen LogP contribution in [-0.2, 0) is 0 Å². The zero-order valence-electron chi connectivity index (χ0n) is 17.0. The molecule has 30 heavy (non-hydrogen) atoms. The van der Waals surface area contributed by atoms with Gasteiger partial charge in [-0.05, 0) is 36.8 Å². The first kappa shape index (κ1) is 19.8. The summed E-state index contributed by atoms with van der Waals surface area (Å²) >= 11 is 6.20. The summed E-state index contributed by atoms with van der Waals surface area (Å²) in [5, 5.41) is 0.571. The molecule has 4 rings (SSSR count). The van der Waals surface area contributed by atoms with Crippen LogP contribution in [0.4, 0.5) is 0 Å². The van der Waals surface area contributed by atoms with Crippen molar-refractivity contribution in [2.24, 2.45) is 0 Å². The first-order valence-electron chi connectivity index (χ1n) is 9.14. The van der Waals surface area contributed by atoms with Crippen LogP contribution in [0.15, 0.2) is 53.7 Å². The Hall–Kier alpha value is -3.45. The van der Waals surface area contributed by atoms with Gasteiger partial charge in [0.1, 0.15) is 5.75 Å². The maximum atomic E-state index is 13.2. The summed E-state index contributed by atoms with van der Waals surface area (Å²) in [7, 11) is 4.70. The number of imidazole rings is 1. The summed E-state index contributed by atoms with van der Waals surface area (Å²) in [5.74, 6) is 1.71. The van der Waals surface area contributed by atoms with E-state index in [2.05, 4.69) is 4.98 Å². The number of aryl methyl sites for hydroxylation is 1. The predicted molar refractivity (Wildman–Crippen MR) is 116 cm³/mol. The van der Waals surface area contributed by atoms with Crippen LogP contribution < -0.4 is 19.8 Å². The molecular formula is C22H20ClN3O4. The lowest BCUT2D eigenvalue weighted by molar-refractivity contribution is 0.355. The molecule has 2 aromatic carbocycles. The molecule has 0 saturated heterocycles. The second-order valence-electron chi connectivity index (χ2n) is 6.67. The van der Waals surface area contributed by atoms with Crippen molar-refractivity contribution in [3.8, 4) is 34.2 Å². The molecule has 0 amide bonds. The summed E-state index contributed by atoms with van der Waals surface area (Å²) in [6, 6.07) is 9.01. The van der Waals surface area contributed by atoms with Crippen molar-refractivity contribution in [2.45, 2.75) is 6.92 Å². The van der Waals surface area contributed by atoms with Gasteiger partial charge in [-0.2, -0.15) is 0 Å². The topological polar surface area (TPSA) is 67.0 Å². The standard InChI is InChI=1S/C22H20ClN3O4/c1-13-9-17(19(29-3)11-15(13)23)26-8-7-25-12-16(24-21(25)22(26)27)14-5-6-18(28-2)20(10-14)30-4/h5-12H,1-4H3. The van der Waals surface area contributed by atoms with Gasteiger partial charge in [0.15, 0.2) is 11.5 Å². The monoisotopic (exact) mass is 425 g/mol. The van der Waals surface area contributed by atoms with E-state index < -0.39 is 0 Å². The van der Waals surface area contributed by atoms with Crippen LogP contribution in [0.25, 0.3) is 22.6 Å². The highest BCUT2D eigenvalue weighted by Gasteiger charge is 2.15. The molecule has 0 aliphatic carbocycles. The third-order valence-corrected chi connectivity index (χ3v) is 5.32. The van der Waals surface area contributed by atoms with Crippen molar-refractivity contribution in [3.05, 3.63) is 69.9 Å². The molecule has 0 unspecified atom stereocenters. The molecule has 0 radical (unpaired) electrons. The van der Waals surface area contributed by atoms with E-state index in [4.69, 9.17) is 25.8 Å². The largest absolute Gasteiger partial charge is 0.495 e. The number of hydrogen-bond donors (Lipinski definition) is 0. The molecular weight excluding hydrogens is 406 g/mol. The van der Waals surface area contributed by atoms with E-state index in [1.54, 1.807) is 56.5 Å². The Morgan fingerprint density at radius 2 is 1.67 bits per heavy atom. The molecule has 0 fully saturated rings. The Morgan fingerprint density at radius 1 is 0.933 bits per heavy atom. The lowest BCUT2D eigenvalue weighted by Gasteiger charge is -2.13. The summed E-state index contributed by atoms with van der Waals surface area (Å²) in [4.78, 5) is 17.8. The van der Waals surface area contributed by atoms with Gasteiger partial charge in [0.2, 0.25) is 5.65 Å². The summed E-state index contributed by atoms with van der Waals surface area (Å²) in [5.41, 5.74) is 2.91. The predicted octanol–water partition coefficient (Wildman–Crippen LogP) is 4.14. The van der Waals surface area contributed by atoms with Crippen LogP contribution in [-0.4, -0.2) is 35.3 Å². The van der Waals surface area contributed by atoms with Crippen molar-refractivity contribution in [3.63, 3.8) is 0 Å². The van der Waals surface area contributed by atoms with Crippen molar-refractivity contribution in [2.75, 3.05) is 21.3 Å². The molecule has 0 aliphatic rings. The number of ether oxygens (including phenoxy) is 3. The number of rotatable bonds is 5. The van der Waals surface area contributed by atoms with Crippen LogP contribution in [0, 0.1) is 6.92 Å².